The minimum absolute atomic E-state index is 0.133. The van der Waals surface area contributed by atoms with Crippen molar-refractivity contribution in [1.29, 1.82) is 0 Å². The van der Waals surface area contributed by atoms with E-state index in [2.05, 4.69) is 15.5 Å². The van der Waals surface area contributed by atoms with Gasteiger partial charge in [0, 0.05) is 28.4 Å². The highest BCUT2D eigenvalue weighted by molar-refractivity contribution is 7.99. The lowest BCUT2D eigenvalue weighted by Crippen LogP contribution is -2.16. The lowest BCUT2D eigenvalue weighted by atomic mass is 10.1. The van der Waals surface area contributed by atoms with Crippen molar-refractivity contribution in [2.75, 3.05) is 17.7 Å². The van der Waals surface area contributed by atoms with Crippen molar-refractivity contribution in [3.05, 3.63) is 58.3 Å². The quantitative estimate of drug-likeness (QED) is 0.255. The first-order valence-corrected chi connectivity index (χ1v) is 12.9. The number of amides is 1. The number of thioether (sulfide) groups is 1. The normalized spacial score (nSPS) is 10.9. The van der Waals surface area contributed by atoms with E-state index in [0.29, 0.717) is 15.7 Å². The summed E-state index contributed by atoms with van der Waals surface area (Å²) in [6.07, 6.45) is 0. The average molecular weight is 499 g/mol. The van der Waals surface area contributed by atoms with E-state index in [4.69, 9.17) is 4.74 Å². The molecule has 170 valence electrons. The molecule has 0 aliphatic rings. The monoisotopic (exact) mass is 498 g/mol. The molecule has 1 amide bonds. The summed E-state index contributed by atoms with van der Waals surface area (Å²) in [6, 6.07) is 11.9. The van der Waals surface area contributed by atoms with Gasteiger partial charge in [-0.15, -0.1) is 32.9 Å². The Morgan fingerprint density at radius 2 is 2.03 bits per heavy atom. The molecule has 0 radical (unpaired) electrons. The second-order valence-electron chi connectivity index (χ2n) is 7.12. The van der Waals surface area contributed by atoms with Gasteiger partial charge in [-0.05, 0) is 31.4 Å². The van der Waals surface area contributed by atoms with Crippen LogP contribution < -0.4 is 5.32 Å². The fraction of sp³-hybridized carbons (Fsp3) is 0.217. The van der Waals surface area contributed by atoms with Crippen molar-refractivity contribution in [2.45, 2.75) is 19.0 Å². The van der Waals surface area contributed by atoms with Crippen LogP contribution in [0.2, 0.25) is 0 Å². The van der Waals surface area contributed by atoms with E-state index >= 15 is 0 Å². The number of hydrogen-bond donors (Lipinski definition) is 1. The Morgan fingerprint density at radius 3 is 2.76 bits per heavy atom. The standard InChI is InChI=1S/C23H22N4O3S3/c1-4-30-22(29)19-16(17-9-6-10-31-17)12-32-21(19)24-18(28)13-33-23-26-25-20(27(23)3)15-8-5-7-14(2)11-15/h5-12H,4,13H2,1-3H3,(H,24,28). The van der Waals surface area contributed by atoms with Gasteiger partial charge in [0.15, 0.2) is 11.0 Å². The number of carbonyl (C=O) groups is 2. The second kappa shape index (κ2) is 10.3. The first-order valence-electron chi connectivity index (χ1n) is 10.2. The van der Waals surface area contributed by atoms with Crippen molar-refractivity contribution in [3.8, 4) is 21.8 Å². The Bertz CT molecular complexity index is 1280. The summed E-state index contributed by atoms with van der Waals surface area (Å²) in [5.74, 6) is 0.199. The van der Waals surface area contributed by atoms with E-state index in [1.807, 2.05) is 65.7 Å². The molecule has 0 saturated carbocycles. The number of thiophene rings is 2. The SMILES string of the molecule is CCOC(=O)c1c(-c2cccs2)csc1NC(=O)CSc1nnc(-c2cccc(C)c2)n1C. The van der Waals surface area contributed by atoms with Crippen LogP contribution in [0.3, 0.4) is 0 Å². The topological polar surface area (TPSA) is 86.1 Å². The maximum absolute atomic E-state index is 12.7. The number of benzene rings is 1. The van der Waals surface area contributed by atoms with Gasteiger partial charge in [-0.25, -0.2) is 4.79 Å². The average Bonchev–Trinajstić information content (AvgIpc) is 3.52. The van der Waals surface area contributed by atoms with Gasteiger partial charge in [0.2, 0.25) is 5.91 Å². The van der Waals surface area contributed by atoms with Crippen LogP contribution in [0.15, 0.2) is 52.3 Å². The van der Waals surface area contributed by atoms with Gasteiger partial charge >= 0.3 is 5.97 Å². The molecule has 7 nitrogen and oxygen atoms in total. The Hall–Kier alpha value is -2.95. The van der Waals surface area contributed by atoms with Crippen molar-refractivity contribution in [1.82, 2.24) is 14.8 Å². The van der Waals surface area contributed by atoms with E-state index in [1.165, 1.54) is 34.4 Å². The van der Waals surface area contributed by atoms with E-state index in [0.717, 1.165) is 27.4 Å². The summed E-state index contributed by atoms with van der Waals surface area (Å²) in [4.78, 5) is 26.3. The molecule has 0 aliphatic heterocycles. The summed E-state index contributed by atoms with van der Waals surface area (Å²) in [5, 5.41) is 16.3. The highest BCUT2D eigenvalue weighted by Gasteiger charge is 2.23. The molecule has 4 aromatic rings. The van der Waals surface area contributed by atoms with Crippen LogP contribution in [-0.4, -0.2) is 39.0 Å². The Kier molecular flexibility index (Phi) is 7.26. The summed E-state index contributed by atoms with van der Waals surface area (Å²) in [6.45, 7) is 4.05. The molecule has 33 heavy (non-hydrogen) atoms. The largest absolute Gasteiger partial charge is 0.462 e. The molecule has 10 heteroatoms. The Labute approximate surface area is 203 Å². The van der Waals surface area contributed by atoms with E-state index in [9.17, 15) is 9.59 Å². The summed E-state index contributed by atoms with van der Waals surface area (Å²) < 4.78 is 7.11. The number of nitrogens with one attached hydrogen (secondary N) is 1. The summed E-state index contributed by atoms with van der Waals surface area (Å²) in [7, 11) is 1.88. The third kappa shape index (κ3) is 5.18. The molecule has 0 unspecified atom stereocenters. The molecule has 0 saturated heterocycles. The molecule has 0 aliphatic carbocycles. The molecule has 1 N–H and O–H groups in total. The molecule has 0 fully saturated rings. The molecule has 0 atom stereocenters. The molecule has 0 spiro atoms. The van der Waals surface area contributed by atoms with E-state index in [1.54, 1.807) is 6.92 Å². The minimum atomic E-state index is -0.443. The van der Waals surface area contributed by atoms with Gasteiger partial charge < -0.3 is 14.6 Å². The van der Waals surface area contributed by atoms with Crippen LogP contribution in [0.4, 0.5) is 5.00 Å². The van der Waals surface area contributed by atoms with Crippen molar-refractivity contribution in [3.63, 3.8) is 0 Å². The zero-order valence-electron chi connectivity index (χ0n) is 18.3. The first-order chi connectivity index (χ1) is 16.0. The van der Waals surface area contributed by atoms with Crippen molar-refractivity contribution >= 4 is 51.3 Å². The number of aryl methyl sites for hydroxylation is 1. The summed E-state index contributed by atoms with van der Waals surface area (Å²) in [5.41, 5.74) is 3.27. The highest BCUT2D eigenvalue weighted by Crippen LogP contribution is 2.38. The van der Waals surface area contributed by atoms with Crippen LogP contribution in [-0.2, 0) is 16.6 Å². The molecule has 3 heterocycles. The maximum atomic E-state index is 12.7. The number of aromatic nitrogens is 3. The smallest absolute Gasteiger partial charge is 0.341 e. The molecular weight excluding hydrogens is 476 g/mol. The van der Waals surface area contributed by atoms with Gasteiger partial charge in [-0.3, -0.25) is 4.79 Å². The third-order valence-corrected chi connectivity index (χ3v) is 7.57. The van der Waals surface area contributed by atoms with Gasteiger partial charge in [-0.2, -0.15) is 0 Å². The van der Waals surface area contributed by atoms with Gasteiger partial charge in [0.1, 0.15) is 10.6 Å². The lowest BCUT2D eigenvalue weighted by molar-refractivity contribution is -0.113. The van der Waals surface area contributed by atoms with Gasteiger partial charge in [0.25, 0.3) is 0 Å². The number of esters is 1. The summed E-state index contributed by atoms with van der Waals surface area (Å²) >= 11 is 4.14. The predicted octanol–water partition coefficient (Wildman–Crippen LogP) is 5.49. The van der Waals surface area contributed by atoms with Gasteiger partial charge in [-0.1, -0.05) is 41.6 Å². The van der Waals surface area contributed by atoms with Crippen LogP contribution in [0, 0.1) is 6.92 Å². The number of nitrogens with zero attached hydrogens (tertiary/aromatic N) is 3. The van der Waals surface area contributed by atoms with Crippen LogP contribution >= 0.6 is 34.4 Å². The number of rotatable bonds is 8. The second-order valence-corrected chi connectivity index (χ2v) is 9.89. The fourth-order valence-corrected chi connectivity index (χ4v) is 5.74. The number of ether oxygens (including phenoxy) is 1. The fourth-order valence-electron chi connectivity index (χ4n) is 3.24. The molecular formula is C23H22N4O3S3. The minimum Gasteiger partial charge on any atom is -0.462 e. The number of anilines is 1. The predicted molar refractivity (Wildman–Crippen MR) is 134 cm³/mol. The van der Waals surface area contributed by atoms with Crippen molar-refractivity contribution in [2.24, 2.45) is 7.05 Å². The van der Waals surface area contributed by atoms with Gasteiger partial charge in [0.05, 0.1) is 12.4 Å². The van der Waals surface area contributed by atoms with Crippen LogP contribution in [0.25, 0.3) is 21.8 Å². The Morgan fingerprint density at radius 1 is 1.18 bits per heavy atom. The zero-order valence-corrected chi connectivity index (χ0v) is 20.8. The molecule has 1 aromatic carbocycles. The zero-order chi connectivity index (χ0) is 23.4. The Balaban J connectivity index is 1.47. The van der Waals surface area contributed by atoms with E-state index < -0.39 is 5.97 Å². The number of hydrogen-bond acceptors (Lipinski definition) is 8. The van der Waals surface area contributed by atoms with Crippen LogP contribution in [0.1, 0.15) is 22.8 Å². The van der Waals surface area contributed by atoms with E-state index in [-0.39, 0.29) is 18.3 Å². The maximum Gasteiger partial charge on any atom is 0.341 e. The highest BCUT2D eigenvalue weighted by atomic mass is 32.2. The van der Waals surface area contributed by atoms with Crippen LogP contribution in [0.5, 0.6) is 0 Å². The third-order valence-electron chi connectivity index (χ3n) is 4.75. The first kappa shape index (κ1) is 23.2. The lowest BCUT2D eigenvalue weighted by Gasteiger charge is -2.08. The van der Waals surface area contributed by atoms with Crippen molar-refractivity contribution < 1.29 is 14.3 Å². The number of carbonyl (C=O) groups excluding carboxylic acids is 2. The molecule has 3 aromatic heterocycles. The molecule has 0 bridgehead atoms. The molecule has 4 rings (SSSR count).